The van der Waals surface area contributed by atoms with E-state index in [1.807, 2.05) is 6.92 Å². The number of methoxy groups -OCH3 is 1. The van der Waals surface area contributed by atoms with Gasteiger partial charge in [-0.1, -0.05) is 6.92 Å². The highest BCUT2D eigenvalue weighted by Crippen LogP contribution is 2.11. The van der Waals surface area contributed by atoms with Gasteiger partial charge in [-0.2, -0.15) is 4.98 Å². The van der Waals surface area contributed by atoms with E-state index in [0.717, 1.165) is 19.2 Å². The van der Waals surface area contributed by atoms with Crippen LogP contribution >= 0.6 is 0 Å². The molecule has 0 aliphatic heterocycles. The van der Waals surface area contributed by atoms with Crippen LogP contribution in [0.2, 0.25) is 0 Å². The van der Waals surface area contributed by atoms with E-state index in [4.69, 9.17) is 4.74 Å². The van der Waals surface area contributed by atoms with Crippen LogP contribution < -0.4 is 10.6 Å². The number of nitrogens with one attached hydrogen (secondary N) is 2. The van der Waals surface area contributed by atoms with Gasteiger partial charge in [0.25, 0.3) is 0 Å². The molecule has 0 aromatic carbocycles. The van der Waals surface area contributed by atoms with E-state index in [2.05, 4.69) is 20.6 Å². The van der Waals surface area contributed by atoms with Gasteiger partial charge in [-0.05, 0) is 6.42 Å². The van der Waals surface area contributed by atoms with Gasteiger partial charge in [-0.3, -0.25) is 0 Å². The maximum atomic E-state index is 13.4. The van der Waals surface area contributed by atoms with Crippen molar-refractivity contribution in [3.05, 3.63) is 12.0 Å². The number of hydrogen-bond donors (Lipinski definition) is 3. The Balaban J connectivity index is 2.57. The summed E-state index contributed by atoms with van der Waals surface area (Å²) in [6.07, 6.45) is 1.31. The predicted octanol–water partition coefficient (Wildman–Crippen LogP) is 0.857. The van der Waals surface area contributed by atoms with Crippen molar-refractivity contribution in [3.63, 3.8) is 0 Å². The Hall–Kier alpha value is -1.47. The summed E-state index contributed by atoms with van der Waals surface area (Å²) in [4.78, 5) is 7.80. The summed E-state index contributed by atoms with van der Waals surface area (Å²) < 4.78 is 18.2. The zero-order chi connectivity index (χ0) is 13.4. The summed E-state index contributed by atoms with van der Waals surface area (Å²) in [5, 5.41) is 15.1. The van der Waals surface area contributed by atoms with Crippen LogP contribution in [0.25, 0.3) is 0 Å². The number of aliphatic hydroxyl groups excluding tert-OH is 1. The minimum atomic E-state index is -0.712. The number of hydrogen-bond acceptors (Lipinski definition) is 6. The Morgan fingerprint density at radius 1 is 1.50 bits per heavy atom. The summed E-state index contributed by atoms with van der Waals surface area (Å²) in [7, 11) is 1.49. The summed E-state index contributed by atoms with van der Waals surface area (Å²) in [6, 6.07) is 0. The lowest BCUT2D eigenvalue weighted by Gasteiger charge is -2.12. The molecule has 1 aromatic rings. The standard InChI is InChI=1S/C11H19FN4O2/c1-3-4-13-11-15-6-9(12)10(16-11)14-5-8(17)7-18-2/h6,8,17H,3-5,7H2,1-2H3,(H2,13,14,15,16). The van der Waals surface area contributed by atoms with Crippen molar-refractivity contribution >= 4 is 11.8 Å². The lowest BCUT2D eigenvalue weighted by Crippen LogP contribution is -2.25. The summed E-state index contributed by atoms with van der Waals surface area (Å²) in [6.45, 7) is 3.07. The Kier molecular flexibility index (Phi) is 6.31. The molecule has 1 heterocycles. The van der Waals surface area contributed by atoms with Crippen LogP contribution in [-0.2, 0) is 4.74 Å². The number of anilines is 2. The first-order chi connectivity index (χ1) is 8.67. The second kappa shape index (κ2) is 7.78. The average molecular weight is 258 g/mol. The molecule has 1 atom stereocenters. The molecule has 0 fully saturated rings. The van der Waals surface area contributed by atoms with Gasteiger partial charge >= 0.3 is 0 Å². The zero-order valence-corrected chi connectivity index (χ0v) is 10.6. The fraction of sp³-hybridized carbons (Fsp3) is 0.636. The van der Waals surface area contributed by atoms with E-state index in [-0.39, 0.29) is 19.0 Å². The highest BCUT2D eigenvalue weighted by molar-refractivity contribution is 5.41. The molecule has 1 rings (SSSR count). The zero-order valence-electron chi connectivity index (χ0n) is 10.6. The quantitative estimate of drug-likeness (QED) is 0.641. The fourth-order valence-corrected chi connectivity index (χ4v) is 1.28. The minimum absolute atomic E-state index is 0.0683. The fourth-order valence-electron chi connectivity index (χ4n) is 1.28. The van der Waals surface area contributed by atoms with Gasteiger partial charge in [0, 0.05) is 20.2 Å². The van der Waals surface area contributed by atoms with E-state index < -0.39 is 11.9 Å². The molecule has 0 radical (unpaired) electrons. The third-order valence-corrected chi connectivity index (χ3v) is 2.14. The molecule has 18 heavy (non-hydrogen) atoms. The lowest BCUT2D eigenvalue weighted by molar-refractivity contribution is 0.0726. The number of nitrogens with zero attached hydrogens (tertiary/aromatic N) is 2. The second-order valence-electron chi connectivity index (χ2n) is 3.81. The van der Waals surface area contributed by atoms with Crippen LogP contribution in [0, 0.1) is 5.82 Å². The van der Waals surface area contributed by atoms with E-state index in [0.29, 0.717) is 5.95 Å². The van der Waals surface area contributed by atoms with Crippen molar-refractivity contribution in [2.24, 2.45) is 0 Å². The highest BCUT2D eigenvalue weighted by atomic mass is 19.1. The first kappa shape index (κ1) is 14.6. The van der Waals surface area contributed by atoms with E-state index >= 15 is 0 Å². The number of aromatic nitrogens is 2. The Morgan fingerprint density at radius 2 is 2.28 bits per heavy atom. The molecule has 0 aliphatic rings. The van der Waals surface area contributed by atoms with Gasteiger partial charge in [0.1, 0.15) is 0 Å². The van der Waals surface area contributed by atoms with Gasteiger partial charge in [-0.15, -0.1) is 0 Å². The van der Waals surface area contributed by atoms with Crippen molar-refractivity contribution < 1.29 is 14.2 Å². The monoisotopic (exact) mass is 258 g/mol. The first-order valence-corrected chi connectivity index (χ1v) is 5.84. The largest absolute Gasteiger partial charge is 0.389 e. The van der Waals surface area contributed by atoms with Gasteiger partial charge in [0.15, 0.2) is 11.6 Å². The molecule has 0 saturated heterocycles. The SMILES string of the molecule is CCCNc1ncc(F)c(NCC(O)COC)n1. The molecular formula is C11H19FN4O2. The van der Waals surface area contributed by atoms with E-state index in [1.54, 1.807) is 0 Å². The summed E-state index contributed by atoms with van der Waals surface area (Å²) in [5.74, 6) is -0.123. The number of ether oxygens (including phenoxy) is 1. The molecular weight excluding hydrogens is 239 g/mol. The van der Waals surface area contributed by atoms with Crippen LogP contribution in [-0.4, -0.2) is 48.0 Å². The molecule has 0 aliphatic carbocycles. The Bertz CT molecular complexity index is 365. The number of halogens is 1. The molecule has 0 bridgehead atoms. The molecule has 1 unspecified atom stereocenters. The van der Waals surface area contributed by atoms with Crippen molar-refractivity contribution in [1.82, 2.24) is 9.97 Å². The maximum Gasteiger partial charge on any atom is 0.224 e. The molecule has 0 spiro atoms. The van der Waals surface area contributed by atoms with Gasteiger partial charge in [0.2, 0.25) is 5.95 Å². The summed E-state index contributed by atoms with van der Waals surface area (Å²) >= 11 is 0. The highest BCUT2D eigenvalue weighted by Gasteiger charge is 2.09. The predicted molar refractivity (Wildman–Crippen MR) is 67.1 cm³/mol. The van der Waals surface area contributed by atoms with Crippen LogP contribution in [0.4, 0.5) is 16.2 Å². The third-order valence-electron chi connectivity index (χ3n) is 2.14. The molecule has 1 aromatic heterocycles. The van der Waals surface area contributed by atoms with Crippen LogP contribution in [0.15, 0.2) is 6.20 Å². The van der Waals surface area contributed by atoms with Gasteiger partial charge in [0.05, 0.1) is 18.9 Å². The molecule has 7 heteroatoms. The maximum absolute atomic E-state index is 13.4. The van der Waals surface area contributed by atoms with Crippen molar-refractivity contribution in [2.45, 2.75) is 19.4 Å². The molecule has 3 N–H and O–H groups in total. The molecule has 0 saturated carbocycles. The van der Waals surface area contributed by atoms with Gasteiger partial charge < -0.3 is 20.5 Å². The molecule has 6 nitrogen and oxygen atoms in total. The van der Waals surface area contributed by atoms with E-state index in [9.17, 15) is 9.50 Å². The second-order valence-corrected chi connectivity index (χ2v) is 3.81. The topological polar surface area (TPSA) is 79.3 Å². The normalized spacial score (nSPS) is 12.2. The molecule has 0 amide bonds. The van der Waals surface area contributed by atoms with Crippen molar-refractivity contribution in [3.8, 4) is 0 Å². The van der Waals surface area contributed by atoms with Crippen molar-refractivity contribution in [1.29, 1.82) is 0 Å². The number of rotatable bonds is 8. The van der Waals surface area contributed by atoms with Crippen LogP contribution in [0.5, 0.6) is 0 Å². The Labute approximate surface area is 106 Å². The minimum Gasteiger partial charge on any atom is -0.389 e. The van der Waals surface area contributed by atoms with Crippen LogP contribution in [0.1, 0.15) is 13.3 Å². The lowest BCUT2D eigenvalue weighted by atomic mass is 10.3. The third kappa shape index (κ3) is 4.80. The summed E-state index contributed by atoms with van der Waals surface area (Å²) in [5.41, 5.74) is 0. The van der Waals surface area contributed by atoms with E-state index in [1.165, 1.54) is 7.11 Å². The smallest absolute Gasteiger partial charge is 0.224 e. The first-order valence-electron chi connectivity index (χ1n) is 5.84. The van der Waals surface area contributed by atoms with Crippen molar-refractivity contribution in [2.75, 3.05) is 37.4 Å². The van der Waals surface area contributed by atoms with Crippen LogP contribution in [0.3, 0.4) is 0 Å². The Morgan fingerprint density at radius 3 is 2.94 bits per heavy atom. The van der Waals surface area contributed by atoms with Gasteiger partial charge in [-0.25, -0.2) is 9.37 Å². The number of aliphatic hydroxyl groups is 1. The molecule has 102 valence electrons. The average Bonchev–Trinajstić information content (AvgIpc) is 2.36.